The molecule has 1 amide bonds. The Morgan fingerprint density at radius 3 is 3.17 bits per heavy atom. The summed E-state index contributed by atoms with van der Waals surface area (Å²) in [6.45, 7) is 2.83. The van der Waals surface area contributed by atoms with Gasteiger partial charge in [-0.1, -0.05) is 19.1 Å². The van der Waals surface area contributed by atoms with Crippen LogP contribution in [-0.4, -0.2) is 17.4 Å². The van der Waals surface area contributed by atoms with Gasteiger partial charge in [-0.2, -0.15) is 0 Å². The van der Waals surface area contributed by atoms with Crippen molar-refractivity contribution in [3.63, 3.8) is 0 Å². The molecule has 0 radical (unpaired) electrons. The van der Waals surface area contributed by atoms with Crippen LogP contribution in [0, 0.1) is 5.92 Å². The summed E-state index contributed by atoms with van der Waals surface area (Å²) in [6.07, 6.45) is 11.0. The number of nitrogens with zero attached hydrogens (tertiary/aromatic N) is 1. The molecular weight excluding hydrogens is 244 g/mol. The molecule has 1 atom stereocenters. The Morgan fingerprint density at radius 1 is 1.61 bits per heavy atom. The average molecular weight is 264 g/mol. The number of rotatable bonds is 6. The summed E-state index contributed by atoms with van der Waals surface area (Å²) < 4.78 is 0. The predicted molar refractivity (Wildman–Crippen MR) is 74.7 cm³/mol. The first kappa shape index (κ1) is 13.3. The van der Waals surface area contributed by atoms with Crippen LogP contribution in [0.2, 0.25) is 0 Å². The lowest BCUT2D eigenvalue weighted by Crippen LogP contribution is -2.26. The minimum Gasteiger partial charge on any atom is -0.356 e. The minimum atomic E-state index is 0.166. The third-order valence-corrected chi connectivity index (χ3v) is 4.37. The van der Waals surface area contributed by atoms with Crippen LogP contribution in [0.4, 0.5) is 0 Å². The van der Waals surface area contributed by atoms with Gasteiger partial charge in [-0.3, -0.25) is 4.79 Å². The number of aromatic nitrogens is 1. The molecule has 0 saturated carbocycles. The van der Waals surface area contributed by atoms with Crippen molar-refractivity contribution in [3.8, 4) is 0 Å². The summed E-state index contributed by atoms with van der Waals surface area (Å²) in [7, 11) is 0. The number of carbonyl (C=O) groups excluding carboxylic acids is 1. The molecule has 1 aromatic rings. The molecule has 4 heteroatoms. The van der Waals surface area contributed by atoms with Crippen molar-refractivity contribution in [2.75, 3.05) is 6.54 Å². The van der Waals surface area contributed by atoms with Gasteiger partial charge in [0.05, 0.1) is 5.01 Å². The second-order valence-corrected chi connectivity index (χ2v) is 5.84. The van der Waals surface area contributed by atoms with Gasteiger partial charge in [0.25, 0.3) is 0 Å². The topological polar surface area (TPSA) is 42.0 Å². The number of hydrogen-bond donors (Lipinski definition) is 1. The lowest BCUT2D eigenvalue weighted by molar-refractivity contribution is -0.121. The van der Waals surface area contributed by atoms with Crippen LogP contribution < -0.4 is 5.32 Å². The minimum absolute atomic E-state index is 0.166. The Kier molecular flexibility index (Phi) is 4.93. The molecular formula is C14H20N2OS. The molecule has 98 valence electrons. The summed E-state index contributed by atoms with van der Waals surface area (Å²) in [5.41, 5.74) is 0. The predicted octanol–water partition coefficient (Wildman–Crippen LogP) is 2.72. The SMILES string of the molecule is CCc1cnc(CCNC(=O)CC2C=CCC2)s1. The highest BCUT2D eigenvalue weighted by Gasteiger charge is 2.13. The second kappa shape index (κ2) is 6.69. The molecule has 0 fully saturated rings. The third-order valence-electron chi connectivity index (χ3n) is 3.17. The molecule has 0 saturated heterocycles. The van der Waals surface area contributed by atoms with Gasteiger partial charge in [0, 0.05) is 30.5 Å². The molecule has 2 rings (SSSR count). The van der Waals surface area contributed by atoms with E-state index in [0.29, 0.717) is 18.9 Å². The number of aryl methyl sites for hydroxylation is 1. The fourth-order valence-electron chi connectivity index (χ4n) is 2.11. The number of carbonyl (C=O) groups is 1. The van der Waals surface area contributed by atoms with Crippen molar-refractivity contribution < 1.29 is 4.79 Å². The zero-order valence-corrected chi connectivity index (χ0v) is 11.6. The number of allylic oxidation sites excluding steroid dienone is 2. The van der Waals surface area contributed by atoms with Crippen molar-refractivity contribution in [2.45, 2.75) is 39.0 Å². The van der Waals surface area contributed by atoms with Gasteiger partial charge in [0.2, 0.25) is 5.91 Å². The summed E-state index contributed by atoms with van der Waals surface area (Å²) in [5, 5.41) is 4.10. The van der Waals surface area contributed by atoms with Crippen molar-refractivity contribution in [2.24, 2.45) is 5.92 Å². The van der Waals surface area contributed by atoms with Crippen LogP contribution in [0.25, 0.3) is 0 Å². The smallest absolute Gasteiger partial charge is 0.220 e. The Hall–Kier alpha value is -1.16. The van der Waals surface area contributed by atoms with Gasteiger partial charge in [0.1, 0.15) is 0 Å². The number of thiazole rings is 1. The largest absolute Gasteiger partial charge is 0.356 e. The summed E-state index contributed by atoms with van der Waals surface area (Å²) in [4.78, 5) is 17.3. The van der Waals surface area contributed by atoms with Crippen molar-refractivity contribution in [3.05, 3.63) is 28.2 Å². The van der Waals surface area contributed by atoms with E-state index in [4.69, 9.17) is 0 Å². The molecule has 0 bridgehead atoms. The number of amides is 1. The summed E-state index contributed by atoms with van der Waals surface area (Å²) in [5.74, 6) is 0.621. The molecule has 1 aliphatic carbocycles. The standard InChI is InChI=1S/C14H20N2OS/c1-2-12-10-16-14(18-12)7-8-15-13(17)9-11-5-3-4-6-11/h3,5,10-11H,2,4,6-9H2,1H3,(H,15,17). The monoisotopic (exact) mass is 264 g/mol. The highest BCUT2D eigenvalue weighted by molar-refractivity contribution is 7.11. The van der Waals surface area contributed by atoms with E-state index < -0.39 is 0 Å². The first-order valence-corrected chi connectivity index (χ1v) is 7.46. The third kappa shape index (κ3) is 3.95. The highest BCUT2D eigenvalue weighted by Crippen LogP contribution is 2.20. The Morgan fingerprint density at radius 2 is 2.50 bits per heavy atom. The number of nitrogens with one attached hydrogen (secondary N) is 1. The van der Waals surface area contributed by atoms with Crippen molar-refractivity contribution in [1.29, 1.82) is 0 Å². The van der Waals surface area contributed by atoms with Crippen LogP contribution in [-0.2, 0) is 17.6 Å². The van der Waals surface area contributed by atoms with E-state index in [0.717, 1.165) is 30.7 Å². The normalized spacial score (nSPS) is 18.2. The van der Waals surface area contributed by atoms with E-state index in [9.17, 15) is 4.79 Å². The molecule has 1 aromatic heterocycles. The number of hydrogen-bond acceptors (Lipinski definition) is 3. The molecule has 1 aliphatic rings. The molecule has 3 nitrogen and oxygen atoms in total. The molecule has 1 heterocycles. The van der Waals surface area contributed by atoms with Crippen LogP contribution in [0.5, 0.6) is 0 Å². The summed E-state index contributed by atoms with van der Waals surface area (Å²) in [6, 6.07) is 0. The zero-order chi connectivity index (χ0) is 12.8. The molecule has 18 heavy (non-hydrogen) atoms. The van der Waals surface area contributed by atoms with Crippen LogP contribution in [0.3, 0.4) is 0 Å². The van der Waals surface area contributed by atoms with Gasteiger partial charge >= 0.3 is 0 Å². The average Bonchev–Trinajstić information content (AvgIpc) is 3.00. The Balaban J connectivity index is 1.65. The van der Waals surface area contributed by atoms with E-state index in [1.807, 2.05) is 6.20 Å². The fourth-order valence-corrected chi connectivity index (χ4v) is 2.97. The Bertz CT molecular complexity index is 425. The van der Waals surface area contributed by atoms with Gasteiger partial charge in [-0.25, -0.2) is 4.98 Å². The van der Waals surface area contributed by atoms with Crippen molar-refractivity contribution in [1.82, 2.24) is 10.3 Å². The summed E-state index contributed by atoms with van der Waals surface area (Å²) >= 11 is 1.74. The lowest BCUT2D eigenvalue weighted by Gasteiger charge is -2.07. The molecule has 0 aliphatic heterocycles. The van der Waals surface area contributed by atoms with Crippen LogP contribution >= 0.6 is 11.3 Å². The van der Waals surface area contributed by atoms with E-state index >= 15 is 0 Å². The van der Waals surface area contributed by atoms with Crippen molar-refractivity contribution >= 4 is 17.2 Å². The quantitative estimate of drug-likeness (QED) is 0.803. The second-order valence-electron chi connectivity index (χ2n) is 4.64. The van der Waals surface area contributed by atoms with E-state index in [2.05, 4.69) is 29.4 Å². The van der Waals surface area contributed by atoms with E-state index in [1.54, 1.807) is 11.3 Å². The molecule has 1 unspecified atom stereocenters. The highest BCUT2D eigenvalue weighted by atomic mass is 32.1. The van der Waals surface area contributed by atoms with Gasteiger partial charge in [0.15, 0.2) is 0 Å². The van der Waals surface area contributed by atoms with Gasteiger partial charge < -0.3 is 5.32 Å². The first-order valence-electron chi connectivity index (χ1n) is 6.65. The molecule has 0 aromatic carbocycles. The van der Waals surface area contributed by atoms with E-state index in [1.165, 1.54) is 4.88 Å². The fraction of sp³-hybridized carbons (Fsp3) is 0.571. The zero-order valence-electron chi connectivity index (χ0n) is 10.8. The maximum atomic E-state index is 11.7. The van der Waals surface area contributed by atoms with Gasteiger partial charge in [-0.15, -0.1) is 11.3 Å². The maximum Gasteiger partial charge on any atom is 0.220 e. The van der Waals surface area contributed by atoms with Crippen LogP contribution in [0.1, 0.15) is 36.1 Å². The van der Waals surface area contributed by atoms with E-state index in [-0.39, 0.29) is 5.91 Å². The Labute approximate surface area is 112 Å². The van der Waals surface area contributed by atoms with Gasteiger partial charge in [-0.05, 0) is 25.2 Å². The molecule has 0 spiro atoms. The molecule has 1 N–H and O–H groups in total. The maximum absolute atomic E-state index is 11.7. The first-order chi connectivity index (χ1) is 8.78. The lowest BCUT2D eigenvalue weighted by atomic mass is 10.1. The van der Waals surface area contributed by atoms with Crippen LogP contribution in [0.15, 0.2) is 18.3 Å².